The molecule has 1 fully saturated rings. The van der Waals surface area contributed by atoms with Crippen LogP contribution >= 0.6 is 11.6 Å². The zero-order valence-corrected chi connectivity index (χ0v) is 12.0. The summed E-state index contributed by atoms with van der Waals surface area (Å²) in [6.45, 7) is 1.33. The fourth-order valence-corrected chi connectivity index (χ4v) is 2.44. The van der Waals surface area contributed by atoms with Crippen LogP contribution in [-0.4, -0.2) is 43.6 Å². The van der Waals surface area contributed by atoms with Crippen LogP contribution in [-0.2, 0) is 4.74 Å². The van der Waals surface area contributed by atoms with Gasteiger partial charge < -0.3 is 20.7 Å². The molecular formula is C12H13ClFN3O5. The number of nitrogens with one attached hydrogen (secondary N) is 1. The average Bonchev–Trinajstić information content (AvgIpc) is 2.68. The molecule has 0 bridgehead atoms. The Morgan fingerprint density at radius 2 is 2.27 bits per heavy atom. The first-order valence-corrected chi connectivity index (χ1v) is 6.54. The number of ether oxygens (including phenoxy) is 1. The molecule has 1 saturated heterocycles. The van der Waals surface area contributed by atoms with E-state index in [0.717, 1.165) is 0 Å². The van der Waals surface area contributed by atoms with Crippen molar-refractivity contribution in [1.29, 1.82) is 0 Å². The zero-order valence-electron chi connectivity index (χ0n) is 11.3. The van der Waals surface area contributed by atoms with E-state index in [1.54, 1.807) is 4.98 Å². The molecule has 1 aromatic heterocycles. The van der Waals surface area contributed by atoms with Crippen molar-refractivity contribution in [3.05, 3.63) is 32.9 Å². The van der Waals surface area contributed by atoms with E-state index in [2.05, 4.69) is 5.92 Å². The molecule has 0 radical (unpaired) electrons. The monoisotopic (exact) mass is 333 g/mol. The second-order valence-corrected chi connectivity index (χ2v) is 5.12. The van der Waals surface area contributed by atoms with Crippen LogP contribution in [0.1, 0.15) is 13.2 Å². The number of aromatic amines is 1. The number of aliphatic hydroxyl groups is 2. The van der Waals surface area contributed by atoms with Crippen molar-refractivity contribution in [3.63, 3.8) is 0 Å². The molecule has 0 amide bonds. The van der Waals surface area contributed by atoms with E-state index >= 15 is 0 Å². The number of H-pyrrole nitrogens is 1. The Morgan fingerprint density at radius 1 is 1.64 bits per heavy atom. The fraction of sp³-hybridized carbons (Fsp3) is 0.500. The highest BCUT2D eigenvalue weighted by molar-refractivity contribution is 6.30. The molecule has 22 heavy (non-hydrogen) atoms. The number of hydrogen-bond donors (Lipinski definition) is 4. The lowest BCUT2D eigenvalue weighted by Gasteiger charge is -2.27. The molecular weight excluding hydrogens is 321 g/mol. The van der Waals surface area contributed by atoms with Gasteiger partial charge in [0.2, 0.25) is 5.82 Å². The first-order chi connectivity index (χ1) is 10.2. The largest absolute Gasteiger partial charge is 0.391 e. The van der Waals surface area contributed by atoms with Gasteiger partial charge in [-0.3, -0.25) is 14.3 Å². The molecule has 0 aliphatic carbocycles. The van der Waals surface area contributed by atoms with Gasteiger partial charge in [0.1, 0.15) is 12.2 Å². The van der Waals surface area contributed by atoms with E-state index in [1.807, 2.05) is 5.38 Å². The van der Waals surface area contributed by atoms with E-state index < -0.39 is 47.1 Å². The topological polar surface area (TPSA) is 131 Å². The Balaban J connectivity index is 2.61. The predicted molar refractivity (Wildman–Crippen MR) is 73.4 cm³/mol. The minimum atomic E-state index is -1.89. The third-order valence-electron chi connectivity index (χ3n) is 3.41. The molecule has 1 unspecified atom stereocenters. The molecule has 2 heterocycles. The highest BCUT2D eigenvalue weighted by atomic mass is 35.5. The van der Waals surface area contributed by atoms with Crippen LogP contribution in [0, 0.1) is 17.1 Å². The van der Waals surface area contributed by atoms with Gasteiger partial charge in [-0.1, -0.05) is 5.92 Å². The quantitative estimate of drug-likeness (QED) is 0.473. The normalized spacial score (nSPS) is 32.4. The Morgan fingerprint density at radius 3 is 2.82 bits per heavy atom. The molecule has 120 valence electrons. The summed E-state index contributed by atoms with van der Waals surface area (Å²) in [5.74, 6) is 1.05. The summed E-state index contributed by atoms with van der Waals surface area (Å²) in [7, 11) is 0. The van der Waals surface area contributed by atoms with E-state index in [-0.39, 0.29) is 0 Å². The van der Waals surface area contributed by atoms with Crippen LogP contribution in [0.3, 0.4) is 0 Å². The maximum atomic E-state index is 13.4. The van der Waals surface area contributed by atoms with Crippen molar-refractivity contribution in [3.8, 4) is 11.3 Å². The van der Waals surface area contributed by atoms with Crippen LogP contribution in [0.25, 0.3) is 0 Å². The van der Waals surface area contributed by atoms with E-state index in [4.69, 9.17) is 22.1 Å². The maximum Gasteiger partial charge on any atom is 0.330 e. The molecule has 1 aliphatic heterocycles. The number of halogens is 2. The Hall–Kier alpha value is -1.70. The number of aromatic nitrogens is 2. The maximum absolute atomic E-state index is 13.4. The number of nitrogens with zero attached hydrogens (tertiary/aromatic N) is 1. The highest BCUT2D eigenvalue weighted by Crippen LogP contribution is 2.37. The minimum Gasteiger partial charge on any atom is -0.391 e. The number of hydrogen-bond acceptors (Lipinski definition) is 6. The van der Waals surface area contributed by atoms with Crippen LogP contribution in [0.2, 0.25) is 0 Å². The Labute approximate surface area is 128 Å². The third kappa shape index (κ3) is 2.55. The van der Waals surface area contributed by atoms with Crippen molar-refractivity contribution >= 4 is 11.6 Å². The Kier molecular flexibility index (Phi) is 4.42. The molecule has 1 aromatic rings. The van der Waals surface area contributed by atoms with Gasteiger partial charge in [-0.15, -0.1) is 0 Å². The lowest BCUT2D eigenvalue weighted by molar-refractivity contribution is -0.0781. The fourth-order valence-electron chi connectivity index (χ4n) is 2.28. The molecule has 8 nitrogen and oxygen atoms in total. The van der Waals surface area contributed by atoms with Crippen molar-refractivity contribution in [2.24, 2.45) is 5.73 Å². The van der Waals surface area contributed by atoms with E-state index in [1.165, 1.54) is 6.92 Å². The molecule has 1 aliphatic rings. The highest BCUT2D eigenvalue weighted by Gasteiger charge is 2.56. The minimum absolute atomic E-state index is 0.584. The van der Waals surface area contributed by atoms with Gasteiger partial charge >= 0.3 is 5.69 Å². The molecule has 2 rings (SSSR count). The molecule has 5 N–H and O–H groups in total. The number of aliphatic hydroxyl groups excluding tert-OH is 2. The first kappa shape index (κ1) is 16.7. The van der Waals surface area contributed by atoms with Crippen molar-refractivity contribution < 1.29 is 19.3 Å². The van der Waals surface area contributed by atoms with Crippen LogP contribution in [0.5, 0.6) is 0 Å². The Bertz CT molecular complexity index is 752. The van der Waals surface area contributed by atoms with E-state index in [0.29, 0.717) is 10.8 Å². The van der Waals surface area contributed by atoms with Crippen LogP contribution in [0.4, 0.5) is 4.39 Å². The summed E-state index contributed by atoms with van der Waals surface area (Å²) in [6, 6.07) is 0. The van der Waals surface area contributed by atoms with Gasteiger partial charge in [0.15, 0.2) is 11.8 Å². The van der Waals surface area contributed by atoms with E-state index in [9.17, 15) is 24.2 Å². The lowest BCUT2D eigenvalue weighted by atomic mass is 9.90. The van der Waals surface area contributed by atoms with Gasteiger partial charge in [-0.2, -0.15) is 4.39 Å². The van der Waals surface area contributed by atoms with Gasteiger partial charge in [-0.05, 0) is 18.5 Å². The summed E-state index contributed by atoms with van der Waals surface area (Å²) in [5.41, 5.74) is 1.84. The zero-order chi connectivity index (χ0) is 16.7. The standard InChI is InChI=1S/C12H13ClFN3O5/c1-5(18)7-8(19)12(15,2-3-13)10(22-7)17-4-6(14)9(20)16-11(17)21/h4-5,7-8,10,18-19H,15H2,1H3,(H,16,20,21)/t5-,7-,8?,10-,12-/m1/s1. The molecule has 5 atom stereocenters. The summed E-state index contributed by atoms with van der Waals surface area (Å²) in [6.07, 6.45) is -4.73. The third-order valence-corrected chi connectivity index (χ3v) is 3.51. The summed E-state index contributed by atoms with van der Waals surface area (Å²) < 4.78 is 19.4. The van der Waals surface area contributed by atoms with Crippen molar-refractivity contribution in [2.75, 3.05) is 0 Å². The SMILES string of the molecule is C[C@@H](O)[C@H]1O[C@@H](n2cc(F)c(=O)[nH]c2=O)[C@@](N)(C#CCl)C1O. The smallest absolute Gasteiger partial charge is 0.330 e. The van der Waals surface area contributed by atoms with Gasteiger partial charge in [0.05, 0.1) is 12.3 Å². The van der Waals surface area contributed by atoms with Crippen molar-refractivity contribution in [1.82, 2.24) is 9.55 Å². The molecule has 0 aromatic carbocycles. The van der Waals surface area contributed by atoms with Crippen LogP contribution in [0.15, 0.2) is 15.8 Å². The molecule has 0 saturated carbocycles. The summed E-state index contributed by atoms with van der Waals surface area (Å²) in [4.78, 5) is 24.6. The second-order valence-electron chi connectivity index (χ2n) is 4.93. The lowest BCUT2D eigenvalue weighted by Crippen LogP contribution is -2.55. The predicted octanol–water partition coefficient (Wildman–Crippen LogP) is -1.79. The first-order valence-electron chi connectivity index (χ1n) is 6.16. The summed E-state index contributed by atoms with van der Waals surface area (Å²) >= 11 is 5.32. The van der Waals surface area contributed by atoms with Gasteiger partial charge in [0.25, 0.3) is 5.56 Å². The average molecular weight is 334 g/mol. The number of nitrogens with two attached hydrogens (primary N) is 1. The van der Waals surface area contributed by atoms with Gasteiger partial charge in [-0.25, -0.2) is 4.79 Å². The van der Waals surface area contributed by atoms with Crippen molar-refractivity contribution in [2.45, 2.75) is 37.0 Å². The molecule has 0 spiro atoms. The van der Waals surface area contributed by atoms with Gasteiger partial charge in [0, 0.05) is 5.38 Å². The number of rotatable bonds is 2. The second kappa shape index (κ2) is 5.83. The van der Waals surface area contributed by atoms with Crippen LogP contribution < -0.4 is 17.0 Å². The molecule has 10 heteroatoms. The summed E-state index contributed by atoms with van der Waals surface area (Å²) in [5, 5.41) is 21.8.